The number of hydrogen-bond acceptors (Lipinski definition) is 3. The first-order chi connectivity index (χ1) is 7.55. The zero-order valence-electron chi connectivity index (χ0n) is 10.3. The molecule has 1 aliphatic rings. The molecular weight excluding hydrogens is 224 g/mol. The molecule has 1 saturated carbocycles. The minimum Gasteiger partial charge on any atom is -0.312 e. The summed E-state index contributed by atoms with van der Waals surface area (Å²) in [4.78, 5) is 0. The van der Waals surface area contributed by atoms with Gasteiger partial charge in [-0.25, -0.2) is 13.1 Å². The van der Waals surface area contributed by atoms with Crippen molar-refractivity contribution in [2.24, 2.45) is 5.92 Å². The third-order valence-electron chi connectivity index (χ3n) is 3.35. The van der Waals surface area contributed by atoms with Gasteiger partial charge in [0.25, 0.3) is 0 Å². The standard InChI is InChI=1S/C11H24N2O2S/c1-3-16(14,15)13-9-8-12-11-7-5-4-6-10(11)2/h10-13H,3-9H2,1-2H3. The highest BCUT2D eigenvalue weighted by atomic mass is 32.2. The first-order valence-corrected chi connectivity index (χ1v) is 7.91. The fourth-order valence-electron chi connectivity index (χ4n) is 2.19. The van der Waals surface area contributed by atoms with E-state index in [0.29, 0.717) is 12.6 Å². The van der Waals surface area contributed by atoms with Crippen molar-refractivity contribution in [2.75, 3.05) is 18.8 Å². The normalized spacial score (nSPS) is 26.9. The van der Waals surface area contributed by atoms with Crippen molar-refractivity contribution in [3.05, 3.63) is 0 Å². The molecule has 5 heteroatoms. The third kappa shape index (κ3) is 4.80. The molecule has 0 aromatic carbocycles. The lowest BCUT2D eigenvalue weighted by Crippen LogP contribution is -2.41. The Morgan fingerprint density at radius 2 is 1.88 bits per heavy atom. The number of sulfonamides is 1. The van der Waals surface area contributed by atoms with Crippen LogP contribution in [-0.2, 0) is 10.0 Å². The van der Waals surface area contributed by atoms with Gasteiger partial charge in [-0.3, -0.25) is 0 Å². The molecule has 0 heterocycles. The molecule has 0 bridgehead atoms. The molecule has 0 aromatic heterocycles. The van der Waals surface area contributed by atoms with Gasteiger partial charge in [0.15, 0.2) is 0 Å². The average Bonchev–Trinajstić information content (AvgIpc) is 2.27. The maximum atomic E-state index is 11.2. The second kappa shape index (κ2) is 6.57. The molecule has 1 fully saturated rings. The maximum Gasteiger partial charge on any atom is 0.211 e. The molecule has 0 saturated heterocycles. The van der Waals surface area contributed by atoms with Crippen molar-refractivity contribution < 1.29 is 8.42 Å². The van der Waals surface area contributed by atoms with Gasteiger partial charge in [0, 0.05) is 19.1 Å². The van der Waals surface area contributed by atoms with Crippen LogP contribution in [0.1, 0.15) is 39.5 Å². The molecular formula is C11H24N2O2S. The molecule has 2 N–H and O–H groups in total. The summed E-state index contributed by atoms with van der Waals surface area (Å²) in [6.45, 7) is 5.15. The largest absolute Gasteiger partial charge is 0.312 e. The zero-order valence-corrected chi connectivity index (χ0v) is 11.1. The summed E-state index contributed by atoms with van der Waals surface area (Å²) in [7, 11) is -3.03. The van der Waals surface area contributed by atoms with E-state index in [2.05, 4.69) is 17.0 Å². The van der Waals surface area contributed by atoms with Crippen molar-refractivity contribution in [1.82, 2.24) is 10.0 Å². The summed E-state index contributed by atoms with van der Waals surface area (Å²) in [6.07, 6.45) is 5.14. The maximum absolute atomic E-state index is 11.2. The molecule has 96 valence electrons. The smallest absolute Gasteiger partial charge is 0.211 e. The van der Waals surface area contributed by atoms with Crippen LogP contribution in [0.5, 0.6) is 0 Å². The zero-order chi connectivity index (χ0) is 12.0. The SMILES string of the molecule is CCS(=O)(=O)NCCNC1CCCCC1C. The Balaban J connectivity index is 2.15. The molecule has 4 nitrogen and oxygen atoms in total. The predicted octanol–water partition coefficient (Wildman–Crippen LogP) is 1.09. The summed E-state index contributed by atoms with van der Waals surface area (Å²) in [6, 6.07) is 0.569. The lowest BCUT2D eigenvalue weighted by atomic mass is 9.86. The summed E-state index contributed by atoms with van der Waals surface area (Å²) in [5.74, 6) is 0.879. The van der Waals surface area contributed by atoms with Crippen LogP contribution >= 0.6 is 0 Å². The van der Waals surface area contributed by atoms with E-state index in [-0.39, 0.29) is 5.75 Å². The number of nitrogens with one attached hydrogen (secondary N) is 2. The van der Waals surface area contributed by atoms with E-state index in [4.69, 9.17) is 0 Å². The highest BCUT2D eigenvalue weighted by Crippen LogP contribution is 2.23. The summed E-state index contributed by atoms with van der Waals surface area (Å²) < 4.78 is 24.9. The fraction of sp³-hybridized carbons (Fsp3) is 1.00. The van der Waals surface area contributed by atoms with Crippen molar-refractivity contribution in [3.8, 4) is 0 Å². The fourth-order valence-corrected chi connectivity index (χ4v) is 2.80. The number of hydrogen-bond donors (Lipinski definition) is 2. The van der Waals surface area contributed by atoms with Gasteiger partial charge in [0.2, 0.25) is 10.0 Å². The van der Waals surface area contributed by atoms with E-state index >= 15 is 0 Å². The molecule has 0 aromatic rings. The van der Waals surface area contributed by atoms with Crippen molar-refractivity contribution in [1.29, 1.82) is 0 Å². The van der Waals surface area contributed by atoms with E-state index < -0.39 is 10.0 Å². The Morgan fingerprint density at radius 1 is 1.19 bits per heavy atom. The topological polar surface area (TPSA) is 58.2 Å². The van der Waals surface area contributed by atoms with Crippen LogP contribution in [0.2, 0.25) is 0 Å². The van der Waals surface area contributed by atoms with Gasteiger partial charge in [-0.1, -0.05) is 19.8 Å². The Kier molecular flexibility index (Phi) is 5.72. The highest BCUT2D eigenvalue weighted by Gasteiger charge is 2.20. The van der Waals surface area contributed by atoms with Crippen molar-refractivity contribution >= 4 is 10.0 Å². The second-order valence-corrected chi connectivity index (χ2v) is 6.72. The minimum absolute atomic E-state index is 0.160. The summed E-state index contributed by atoms with van der Waals surface area (Å²) in [5.41, 5.74) is 0. The van der Waals surface area contributed by atoms with Gasteiger partial charge in [-0.05, 0) is 25.7 Å². The molecule has 0 aliphatic heterocycles. The van der Waals surface area contributed by atoms with E-state index in [1.54, 1.807) is 6.92 Å². The van der Waals surface area contributed by atoms with Crippen LogP contribution in [0, 0.1) is 5.92 Å². The highest BCUT2D eigenvalue weighted by molar-refractivity contribution is 7.89. The van der Waals surface area contributed by atoms with Crippen LogP contribution in [0.3, 0.4) is 0 Å². The van der Waals surface area contributed by atoms with Gasteiger partial charge >= 0.3 is 0 Å². The lowest BCUT2D eigenvalue weighted by molar-refractivity contribution is 0.282. The van der Waals surface area contributed by atoms with Gasteiger partial charge in [0.05, 0.1) is 5.75 Å². The van der Waals surface area contributed by atoms with Gasteiger partial charge in [-0.2, -0.15) is 0 Å². The third-order valence-corrected chi connectivity index (χ3v) is 4.75. The van der Waals surface area contributed by atoms with Crippen molar-refractivity contribution in [2.45, 2.75) is 45.6 Å². The molecule has 16 heavy (non-hydrogen) atoms. The quantitative estimate of drug-likeness (QED) is 0.692. The van der Waals surface area contributed by atoms with Crippen LogP contribution < -0.4 is 10.0 Å². The Hall–Kier alpha value is -0.130. The average molecular weight is 248 g/mol. The van der Waals surface area contributed by atoms with Crippen LogP contribution in [0.25, 0.3) is 0 Å². The van der Waals surface area contributed by atoms with E-state index in [9.17, 15) is 8.42 Å². The lowest BCUT2D eigenvalue weighted by Gasteiger charge is -2.29. The molecule has 2 atom stereocenters. The first kappa shape index (κ1) is 13.9. The van der Waals surface area contributed by atoms with Gasteiger partial charge in [0.1, 0.15) is 0 Å². The molecule has 0 spiro atoms. The first-order valence-electron chi connectivity index (χ1n) is 6.26. The molecule has 1 rings (SSSR count). The van der Waals surface area contributed by atoms with Gasteiger partial charge < -0.3 is 5.32 Å². The monoisotopic (exact) mass is 248 g/mol. The molecule has 0 radical (unpaired) electrons. The van der Waals surface area contributed by atoms with E-state index in [0.717, 1.165) is 12.5 Å². The van der Waals surface area contributed by atoms with Crippen molar-refractivity contribution in [3.63, 3.8) is 0 Å². The van der Waals surface area contributed by atoms with Crippen LogP contribution in [-0.4, -0.2) is 33.3 Å². The molecule has 0 amide bonds. The second-order valence-electron chi connectivity index (χ2n) is 4.62. The predicted molar refractivity (Wildman–Crippen MR) is 66.9 cm³/mol. The minimum atomic E-state index is -3.03. The molecule has 1 aliphatic carbocycles. The van der Waals surface area contributed by atoms with E-state index in [1.165, 1.54) is 25.7 Å². The summed E-state index contributed by atoms with van der Waals surface area (Å²) >= 11 is 0. The Bertz CT molecular complexity index is 290. The Morgan fingerprint density at radius 3 is 2.50 bits per heavy atom. The summed E-state index contributed by atoms with van der Waals surface area (Å²) in [5, 5.41) is 3.44. The molecule has 2 unspecified atom stereocenters. The number of rotatable bonds is 6. The van der Waals surface area contributed by atoms with Crippen LogP contribution in [0.4, 0.5) is 0 Å². The van der Waals surface area contributed by atoms with Crippen LogP contribution in [0.15, 0.2) is 0 Å². The van der Waals surface area contributed by atoms with E-state index in [1.807, 2.05) is 0 Å². The van der Waals surface area contributed by atoms with Gasteiger partial charge in [-0.15, -0.1) is 0 Å². The Labute approximate surface area is 99.2 Å².